The number of nitrogens with zero attached hydrogens (tertiary/aromatic N) is 1. The van der Waals surface area contributed by atoms with Crippen LogP contribution in [0.5, 0.6) is 11.5 Å². The van der Waals surface area contributed by atoms with Crippen molar-refractivity contribution in [2.24, 2.45) is 11.8 Å². The smallest absolute Gasteiger partial charge is 0.337 e. The maximum atomic E-state index is 14.6. The van der Waals surface area contributed by atoms with Gasteiger partial charge in [0, 0.05) is 36.3 Å². The first kappa shape index (κ1) is 40.6. The van der Waals surface area contributed by atoms with E-state index < -0.39 is 106 Å². The number of hydrogen-bond acceptors (Lipinski definition) is 15. The Morgan fingerprint density at radius 3 is 2.40 bits per heavy atom. The topological polar surface area (TPSA) is 222 Å². The first-order chi connectivity index (χ1) is 28.2. The normalized spacial score (nSPS) is 26.3. The zero-order valence-electron chi connectivity index (χ0n) is 33.9. The molecule has 0 unspecified atom stereocenters. The van der Waals surface area contributed by atoms with Crippen molar-refractivity contribution in [2.45, 2.75) is 104 Å². The van der Waals surface area contributed by atoms with Gasteiger partial charge in [0.05, 0.1) is 29.1 Å². The van der Waals surface area contributed by atoms with Crippen LogP contribution in [-0.2, 0) is 39.8 Å². The molecule has 16 heteroatoms. The molecule has 1 aromatic heterocycles. The number of rotatable bonds is 8. The van der Waals surface area contributed by atoms with Crippen molar-refractivity contribution in [3.63, 3.8) is 0 Å². The highest BCUT2D eigenvalue weighted by atomic mass is 16.7. The van der Waals surface area contributed by atoms with Crippen molar-refractivity contribution >= 4 is 57.1 Å². The predicted octanol–water partition coefficient (Wildman–Crippen LogP) is 4.49. The molecule has 0 radical (unpaired) electrons. The summed E-state index contributed by atoms with van der Waals surface area (Å²) in [6.45, 7) is 10.9. The number of fused-ring (bicyclic) bond motifs is 7. The van der Waals surface area contributed by atoms with Crippen LogP contribution in [0.4, 0.5) is 0 Å². The molecule has 2 fully saturated rings. The van der Waals surface area contributed by atoms with E-state index in [0.717, 1.165) is 4.90 Å². The second-order valence-corrected chi connectivity index (χ2v) is 16.9. The van der Waals surface area contributed by atoms with Gasteiger partial charge >= 0.3 is 17.9 Å². The van der Waals surface area contributed by atoms with E-state index in [1.807, 2.05) is 13.8 Å². The molecule has 0 spiro atoms. The van der Waals surface area contributed by atoms with Gasteiger partial charge in [-0.2, -0.15) is 0 Å². The summed E-state index contributed by atoms with van der Waals surface area (Å²) in [5.41, 5.74) is -5.25. The molecule has 3 aliphatic heterocycles. The first-order valence-electron chi connectivity index (χ1n) is 19.7. The molecule has 0 bridgehead atoms. The van der Waals surface area contributed by atoms with Crippen molar-refractivity contribution in [1.29, 1.82) is 0 Å². The summed E-state index contributed by atoms with van der Waals surface area (Å²) in [5, 5.41) is 22.6. The molecule has 7 atom stereocenters. The lowest BCUT2D eigenvalue weighted by atomic mass is 9.80. The lowest BCUT2D eigenvalue weighted by molar-refractivity contribution is -0.227. The van der Waals surface area contributed by atoms with E-state index in [2.05, 4.69) is 0 Å². The van der Waals surface area contributed by atoms with E-state index in [1.54, 1.807) is 26.8 Å². The summed E-state index contributed by atoms with van der Waals surface area (Å²) in [6, 6.07) is 8.57. The number of aliphatic hydroxyl groups excluding tert-OH is 1. The van der Waals surface area contributed by atoms with E-state index in [0.29, 0.717) is 12.0 Å². The van der Waals surface area contributed by atoms with Gasteiger partial charge in [-0.15, -0.1) is 0 Å². The van der Waals surface area contributed by atoms with Crippen LogP contribution in [0.25, 0.3) is 21.7 Å². The lowest BCUT2D eigenvalue weighted by Crippen LogP contribution is -2.61. The number of carbonyl (C=O) groups excluding carboxylic acids is 6. The van der Waals surface area contributed by atoms with E-state index in [9.17, 15) is 43.8 Å². The molecule has 4 heterocycles. The van der Waals surface area contributed by atoms with Crippen molar-refractivity contribution in [3.05, 3.63) is 80.2 Å². The van der Waals surface area contributed by atoms with Gasteiger partial charge in [-0.3, -0.25) is 33.7 Å². The molecular formula is C44H43NO15. The maximum absolute atomic E-state index is 14.6. The fourth-order valence-electron chi connectivity index (χ4n) is 9.07. The Labute approximate surface area is 342 Å². The number of ether oxygens (including phenoxy) is 5. The molecule has 16 nitrogen and oxygen atoms in total. The molecule has 2 N–H and O–H groups in total. The molecule has 0 saturated carbocycles. The summed E-state index contributed by atoms with van der Waals surface area (Å²) < 4.78 is 34.2. The molecule has 4 aromatic rings. The van der Waals surface area contributed by atoms with E-state index in [4.69, 9.17) is 28.1 Å². The van der Waals surface area contributed by atoms with Gasteiger partial charge in [0.2, 0.25) is 23.3 Å². The highest BCUT2D eigenvalue weighted by molar-refractivity contribution is 6.32. The number of esters is 3. The van der Waals surface area contributed by atoms with Crippen molar-refractivity contribution in [3.8, 4) is 11.5 Å². The third-order valence-corrected chi connectivity index (χ3v) is 11.7. The standard InChI is InChI=1S/C44H43NO15/c1-18(2)12-19(3)41(53)55-17-43(6)42(54)60-44(7)16-23-13-22-8-10-25-32(30(22)36(50)31(23)40(52)45(43)44)37(51)33-34(48)26-14-24(9-11-28(26)59-39(33)35(25)49)58-29-15-27(47)38(20(4)56-29)57-21(5)46/h8-11,13-14,18-20,27,29,38,47,50H,12,15-17H2,1-7H3/t19-,20+,27+,29-,38-,43+,44+/m0/s1. The zero-order chi connectivity index (χ0) is 43.3. The fourth-order valence-corrected chi connectivity index (χ4v) is 9.07. The van der Waals surface area contributed by atoms with Gasteiger partial charge in [-0.05, 0) is 74.4 Å². The second kappa shape index (κ2) is 14.3. The summed E-state index contributed by atoms with van der Waals surface area (Å²) >= 11 is 0. The van der Waals surface area contributed by atoms with Crippen LogP contribution in [-0.4, -0.2) is 93.0 Å². The Balaban J connectivity index is 1.15. The SMILES string of the molecule is CC(=O)O[C@@H]1[C@H](O)C[C@H](Oc2ccc3oc4c(c(=O)c3c2)C(=O)c2c(ccc3cc5c(c(O)c23)C(=O)N2[C@@](C)(C5)OC(=O)[C@@]2(C)COC(=O)[C@@H](C)CC(C)C)C4=O)O[C@@H]1C. The van der Waals surface area contributed by atoms with Gasteiger partial charge in [0.15, 0.2) is 23.1 Å². The molecule has 3 aromatic carbocycles. The highest BCUT2D eigenvalue weighted by Gasteiger charge is 2.64. The number of hydrogen-bond donors (Lipinski definition) is 2. The van der Waals surface area contributed by atoms with Crippen LogP contribution in [0.15, 0.2) is 45.6 Å². The number of ketones is 2. The average Bonchev–Trinajstić information content (AvgIpc) is 3.37. The average molecular weight is 826 g/mol. The van der Waals surface area contributed by atoms with Crippen LogP contribution in [0.2, 0.25) is 0 Å². The van der Waals surface area contributed by atoms with Gasteiger partial charge in [-0.1, -0.05) is 26.8 Å². The zero-order valence-corrected chi connectivity index (χ0v) is 33.9. The number of benzene rings is 3. The van der Waals surface area contributed by atoms with E-state index in [1.165, 1.54) is 44.2 Å². The minimum atomic E-state index is -1.78. The van der Waals surface area contributed by atoms with Gasteiger partial charge < -0.3 is 38.3 Å². The largest absolute Gasteiger partial charge is 0.506 e. The Morgan fingerprint density at radius 2 is 1.72 bits per heavy atom. The Morgan fingerprint density at radius 1 is 0.983 bits per heavy atom. The minimum Gasteiger partial charge on any atom is -0.506 e. The van der Waals surface area contributed by atoms with E-state index >= 15 is 0 Å². The first-order valence-corrected chi connectivity index (χ1v) is 19.7. The predicted molar refractivity (Wildman–Crippen MR) is 208 cm³/mol. The summed E-state index contributed by atoms with van der Waals surface area (Å²) in [5.74, 6) is -5.85. The monoisotopic (exact) mass is 825 g/mol. The molecular weight excluding hydrogens is 782 g/mol. The fraction of sp³-hybridized carbons (Fsp3) is 0.432. The number of phenolic OH excluding ortho intramolecular Hbond substituents is 1. The molecule has 2 saturated heterocycles. The maximum Gasteiger partial charge on any atom is 0.337 e. The molecule has 8 rings (SSSR count). The number of carbonyl (C=O) groups is 6. The third-order valence-electron chi connectivity index (χ3n) is 11.7. The van der Waals surface area contributed by atoms with Crippen molar-refractivity contribution in [2.75, 3.05) is 6.61 Å². The Hall–Kier alpha value is -6.13. The van der Waals surface area contributed by atoms with E-state index in [-0.39, 0.29) is 62.9 Å². The lowest BCUT2D eigenvalue weighted by Gasteiger charge is -2.42. The second-order valence-electron chi connectivity index (χ2n) is 16.9. The van der Waals surface area contributed by atoms with Crippen LogP contribution in [0.1, 0.15) is 109 Å². The van der Waals surface area contributed by atoms with Crippen molar-refractivity contribution in [1.82, 2.24) is 4.90 Å². The quantitative estimate of drug-likeness (QED) is 0.163. The van der Waals surface area contributed by atoms with Crippen LogP contribution in [0.3, 0.4) is 0 Å². The molecule has 1 aliphatic carbocycles. The van der Waals surface area contributed by atoms with Gasteiger partial charge in [-0.25, -0.2) is 4.79 Å². The van der Waals surface area contributed by atoms with Crippen LogP contribution in [0, 0.1) is 11.8 Å². The molecule has 314 valence electrons. The molecule has 4 aliphatic rings. The summed E-state index contributed by atoms with van der Waals surface area (Å²) in [6.07, 6.45) is -3.36. The third kappa shape index (κ3) is 6.31. The Kier molecular flexibility index (Phi) is 9.66. The Bertz CT molecular complexity index is 2630. The molecule has 60 heavy (non-hydrogen) atoms. The summed E-state index contributed by atoms with van der Waals surface area (Å²) in [7, 11) is 0. The molecule has 1 amide bonds. The number of amides is 1. The van der Waals surface area contributed by atoms with Gasteiger partial charge in [0.25, 0.3) is 5.91 Å². The highest BCUT2D eigenvalue weighted by Crippen LogP contribution is 2.49. The summed E-state index contributed by atoms with van der Waals surface area (Å²) in [4.78, 5) is 96.4. The number of aromatic hydroxyl groups is 1. The number of phenols is 1. The van der Waals surface area contributed by atoms with Crippen LogP contribution < -0.4 is 10.2 Å². The van der Waals surface area contributed by atoms with Gasteiger partial charge in [0.1, 0.15) is 29.3 Å². The van der Waals surface area contributed by atoms with Crippen molar-refractivity contribution < 1.29 is 67.1 Å². The van der Waals surface area contributed by atoms with Crippen LogP contribution >= 0.6 is 0 Å². The minimum absolute atomic E-state index is 0.0274. The number of aliphatic hydroxyl groups is 1.